The van der Waals surface area contributed by atoms with Gasteiger partial charge in [-0.3, -0.25) is 9.69 Å². The van der Waals surface area contributed by atoms with Crippen molar-refractivity contribution in [2.75, 3.05) is 26.7 Å². The van der Waals surface area contributed by atoms with Crippen LogP contribution in [0.5, 0.6) is 0 Å². The molecule has 1 amide bonds. The van der Waals surface area contributed by atoms with Crippen molar-refractivity contribution in [2.45, 2.75) is 12.1 Å². The van der Waals surface area contributed by atoms with Gasteiger partial charge in [0.1, 0.15) is 5.69 Å². The Morgan fingerprint density at radius 2 is 2.00 bits per heavy atom. The molecule has 5 nitrogen and oxygen atoms in total. The van der Waals surface area contributed by atoms with E-state index < -0.39 is 0 Å². The predicted molar refractivity (Wildman–Crippen MR) is 89.3 cm³/mol. The Morgan fingerprint density at radius 1 is 1.22 bits per heavy atom. The van der Waals surface area contributed by atoms with Crippen LogP contribution in [0, 0.1) is 0 Å². The van der Waals surface area contributed by atoms with Crippen LogP contribution in [0.2, 0.25) is 0 Å². The molecule has 1 aromatic carbocycles. The summed E-state index contributed by atoms with van der Waals surface area (Å²) in [6.07, 6.45) is 1.81. The van der Waals surface area contributed by atoms with E-state index in [1.165, 1.54) is 5.56 Å². The summed E-state index contributed by atoms with van der Waals surface area (Å²) < 4.78 is 7.77. The van der Waals surface area contributed by atoms with Gasteiger partial charge in [0.05, 0.1) is 18.8 Å². The maximum atomic E-state index is 12.3. The van der Waals surface area contributed by atoms with Crippen LogP contribution < -0.4 is 5.32 Å². The maximum Gasteiger partial charge on any atom is 0.267 e. The fourth-order valence-electron chi connectivity index (χ4n) is 3.13. The molecule has 1 N–H and O–H groups in total. The van der Waals surface area contributed by atoms with E-state index in [-0.39, 0.29) is 18.1 Å². The Kier molecular flexibility index (Phi) is 4.79. The SMILES string of the molecule is CN1CCO[C@@H](CNC(=O)c2cccn2C)[C@@H]1c1ccccc1. The average Bonchev–Trinajstić information content (AvgIpc) is 2.99. The highest BCUT2D eigenvalue weighted by Crippen LogP contribution is 2.27. The minimum absolute atomic E-state index is 0.0552. The van der Waals surface area contributed by atoms with E-state index >= 15 is 0 Å². The number of carbonyl (C=O) groups excluding carboxylic acids is 1. The first kappa shape index (κ1) is 15.8. The van der Waals surface area contributed by atoms with Crippen LogP contribution in [0.4, 0.5) is 0 Å². The highest BCUT2D eigenvalue weighted by atomic mass is 16.5. The molecule has 0 aliphatic carbocycles. The molecule has 5 heteroatoms. The quantitative estimate of drug-likeness (QED) is 0.937. The second-order valence-electron chi connectivity index (χ2n) is 5.96. The van der Waals surface area contributed by atoms with E-state index in [1.54, 1.807) is 0 Å². The lowest BCUT2D eigenvalue weighted by molar-refractivity contribution is -0.0605. The smallest absolute Gasteiger partial charge is 0.267 e. The summed E-state index contributed by atoms with van der Waals surface area (Å²) in [7, 11) is 3.97. The highest BCUT2D eigenvalue weighted by Gasteiger charge is 2.31. The van der Waals surface area contributed by atoms with Gasteiger partial charge in [-0.25, -0.2) is 0 Å². The monoisotopic (exact) mass is 313 g/mol. The van der Waals surface area contributed by atoms with E-state index in [4.69, 9.17) is 4.74 Å². The van der Waals surface area contributed by atoms with Crippen molar-refractivity contribution in [3.05, 3.63) is 59.9 Å². The van der Waals surface area contributed by atoms with Gasteiger partial charge in [0, 0.05) is 26.3 Å². The summed E-state index contributed by atoms with van der Waals surface area (Å²) >= 11 is 0. The van der Waals surface area contributed by atoms with Gasteiger partial charge in [-0.05, 0) is 24.7 Å². The molecule has 3 rings (SSSR count). The zero-order chi connectivity index (χ0) is 16.2. The number of nitrogens with zero attached hydrogens (tertiary/aromatic N) is 2. The van der Waals surface area contributed by atoms with Crippen LogP contribution in [-0.4, -0.2) is 48.2 Å². The minimum atomic E-state index is -0.0684. The van der Waals surface area contributed by atoms with Crippen molar-refractivity contribution < 1.29 is 9.53 Å². The number of likely N-dealkylation sites (N-methyl/N-ethyl adjacent to an activating group) is 1. The lowest BCUT2D eigenvalue weighted by Crippen LogP contribution is -2.48. The number of nitrogens with one attached hydrogen (secondary N) is 1. The lowest BCUT2D eigenvalue weighted by Gasteiger charge is -2.39. The number of aryl methyl sites for hydroxylation is 1. The maximum absolute atomic E-state index is 12.3. The summed E-state index contributed by atoms with van der Waals surface area (Å²) in [6, 6.07) is 14.2. The Bertz CT molecular complexity index is 653. The first-order valence-electron chi connectivity index (χ1n) is 7.93. The standard InChI is InChI=1S/C18H23N3O2/c1-20-10-6-9-15(20)18(22)19-13-16-17(21(2)11-12-23-16)14-7-4-3-5-8-14/h3-10,16-17H,11-13H2,1-2H3,(H,19,22)/t16-,17-/m0/s1. The van der Waals surface area contributed by atoms with Gasteiger partial charge in [0.15, 0.2) is 0 Å². The molecule has 0 spiro atoms. The molecule has 1 aliphatic rings. The summed E-state index contributed by atoms with van der Waals surface area (Å²) in [5.41, 5.74) is 1.87. The summed E-state index contributed by atoms with van der Waals surface area (Å²) in [5, 5.41) is 3.00. The van der Waals surface area contributed by atoms with Crippen molar-refractivity contribution in [3.8, 4) is 0 Å². The van der Waals surface area contributed by atoms with E-state index in [1.807, 2.05) is 48.1 Å². The number of aromatic nitrogens is 1. The second-order valence-corrected chi connectivity index (χ2v) is 5.96. The molecule has 1 saturated heterocycles. The molecule has 23 heavy (non-hydrogen) atoms. The van der Waals surface area contributed by atoms with E-state index in [9.17, 15) is 4.79 Å². The van der Waals surface area contributed by atoms with Crippen LogP contribution in [0.15, 0.2) is 48.7 Å². The number of ether oxygens (including phenoxy) is 1. The zero-order valence-electron chi connectivity index (χ0n) is 13.6. The molecule has 2 atom stereocenters. The largest absolute Gasteiger partial charge is 0.373 e. The molecule has 1 aliphatic heterocycles. The number of benzene rings is 1. The van der Waals surface area contributed by atoms with Gasteiger partial charge in [-0.2, -0.15) is 0 Å². The van der Waals surface area contributed by atoms with Crippen molar-refractivity contribution in [2.24, 2.45) is 7.05 Å². The van der Waals surface area contributed by atoms with Gasteiger partial charge in [0.25, 0.3) is 5.91 Å². The van der Waals surface area contributed by atoms with E-state index in [2.05, 4.69) is 29.4 Å². The topological polar surface area (TPSA) is 46.5 Å². The van der Waals surface area contributed by atoms with Crippen LogP contribution in [0.25, 0.3) is 0 Å². The number of amides is 1. The molecule has 1 aromatic heterocycles. The van der Waals surface area contributed by atoms with E-state index in [0.717, 1.165) is 6.54 Å². The molecule has 0 saturated carbocycles. The third-order valence-corrected chi connectivity index (χ3v) is 4.38. The highest BCUT2D eigenvalue weighted by molar-refractivity contribution is 5.92. The molecular formula is C18H23N3O2. The van der Waals surface area contributed by atoms with Crippen LogP contribution >= 0.6 is 0 Å². The Balaban J connectivity index is 1.70. The van der Waals surface area contributed by atoms with Crippen molar-refractivity contribution in [1.82, 2.24) is 14.8 Å². The normalized spacial score (nSPS) is 22.0. The third-order valence-electron chi connectivity index (χ3n) is 4.38. The average molecular weight is 313 g/mol. The predicted octanol–water partition coefficient (Wildman–Crippen LogP) is 1.83. The van der Waals surface area contributed by atoms with Gasteiger partial charge >= 0.3 is 0 Å². The molecular weight excluding hydrogens is 290 g/mol. The summed E-state index contributed by atoms with van der Waals surface area (Å²) in [6.45, 7) is 2.07. The van der Waals surface area contributed by atoms with Gasteiger partial charge < -0.3 is 14.6 Å². The first-order chi connectivity index (χ1) is 11.2. The van der Waals surface area contributed by atoms with Crippen LogP contribution in [-0.2, 0) is 11.8 Å². The third kappa shape index (κ3) is 3.46. The van der Waals surface area contributed by atoms with Gasteiger partial charge in [-0.1, -0.05) is 30.3 Å². The molecule has 2 heterocycles. The Labute approximate surface area is 136 Å². The molecule has 0 unspecified atom stereocenters. The molecule has 2 aromatic rings. The fourth-order valence-corrected chi connectivity index (χ4v) is 3.13. The van der Waals surface area contributed by atoms with E-state index in [0.29, 0.717) is 18.8 Å². The first-order valence-corrected chi connectivity index (χ1v) is 7.93. The van der Waals surface area contributed by atoms with Crippen molar-refractivity contribution >= 4 is 5.91 Å². The molecule has 0 radical (unpaired) electrons. The van der Waals surface area contributed by atoms with Crippen LogP contribution in [0.3, 0.4) is 0 Å². The minimum Gasteiger partial charge on any atom is -0.373 e. The van der Waals surface area contributed by atoms with Gasteiger partial charge in [0.2, 0.25) is 0 Å². The van der Waals surface area contributed by atoms with Crippen LogP contribution in [0.1, 0.15) is 22.1 Å². The second kappa shape index (κ2) is 6.98. The Hall–Kier alpha value is -2.11. The number of hydrogen-bond donors (Lipinski definition) is 1. The number of morpholine rings is 1. The number of hydrogen-bond acceptors (Lipinski definition) is 3. The Morgan fingerprint density at radius 3 is 2.70 bits per heavy atom. The number of rotatable bonds is 4. The number of carbonyl (C=O) groups is 1. The summed E-state index contributed by atoms with van der Waals surface area (Å²) in [4.78, 5) is 14.6. The lowest BCUT2D eigenvalue weighted by atomic mass is 9.98. The van der Waals surface area contributed by atoms with Gasteiger partial charge in [-0.15, -0.1) is 0 Å². The summed E-state index contributed by atoms with van der Waals surface area (Å²) in [5.74, 6) is -0.0684. The van der Waals surface area contributed by atoms with Crippen molar-refractivity contribution in [3.63, 3.8) is 0 Å². The zero-order valence-corrected chi connectivity index (χ0v) is 13.6. The fraction of sp³-hybridized carbons (Fsp3) is 0.389. The molecule has 1 fully saturated rings. The molecule has 122 valence electrons. The molecule has 0 bridgehead atoms. The van der Waals surface area contributed by atoms with Crippen molar-refractivity contribution in [1.29, 1.82) is 0 Å².